The standard InChI is InChI=1S/C16H22N2O3/c1-6-8-17(5)13(7-2)9-18-10-14(16(20)21)15(19)11(3)12(18)4/h6-7,10,13H,1-2,8-9H2,3-5H3,(H,20,21). The van der Waals surface area contributed by atoms with Crippen molar-refractivity contribution in [2.45, 2.75) is 26.4 Å². The van der Waals surface area contributed by atoms with Crippen LogP contribution in [-0.4, -0.2) is 40.2 Å². The molecule has 114 valence electrons. The fourth-order valence-corrected chi connectivity index (χ4v) is 2.17. The highest BCUT2D eigenvalue weighted by Crippen LogP contribution is 2.09. The smallest absolute Gasteiger partial charge is 0.341 e. The summed E-state index contributed by atoms with van der Waals surface area (Å²) in [5, 5.41) is 9.13. The number of hydrogen-bond acceptors (Lipinski definition) is 3. The molecular weight excluding hydrogens is 268 g/mol. The van der Waals surface area contributed by atoms with Gasteiger partial charge in [-0.1, -0.05) is 12.2 Å². The minimum Gasteiger partial charge on any atom is -0.477 e. The molecule has 0 radical (unpaired) electrons. The minimum absolute atomic E-state index is 0.0187. The van der Waals surface area contributed by atoms with Gasteiger partial charge in [0, 0.05) is 36.6 Å². The topological polar surface area (TPSA) is 62.5 Å². The maximum absolute atomic E-state index is 11.9. The first-order valence-corrected chi connectivity index (χ1v) is 6.71. The number of carboxylic acid groups (broad SMARTS) is 1. The molecule has 0 spiro atoms. The third kappa shape index (κ3) is 3.70. The van der Waals surface area contributed by atoms with Gasteiger partial charge in [0.05, 0.1) is 0 Å². The third-order valence-corrected chi connectivity index (χ3v) is 3.71. The number of aromatic carboxylic acids is 1. The Morgan fingerprint density at radius 2 is 2.10 bits per heavy atom. The van der Waals surface area contributed by atoms with E-state index in [0.717, 1.165) is 5.69 Å². The van der Waals surface area contributed by atoms with E-state index in [1.54, 1.807) is 23.6 Å². The maximum atomic E-state index is 11.9. The Kier molecular flexibility index (Phi) is 5.67. The van der Waals surface area contributed by atoms with Gasteiger partial charge >= 0.3 is 5.97 Å². The summed E-state index contributed by atoms with van der Waals surface area (Å²) >= 11 is 0. The van der Waals surface area contributed by atoms with Gasteiger partial charge in [0.15, 0.2) is 5.43 Å². The van der Waals surface area contributed by atoms with Crippen LogP contribution in [0.4, 0.5) is 0 Å². The molecule has 0 fully saturated rings. The first-order valence-electron chi connectivity index (χ1n) is 6.71. The fourth-order valence-electron chi connectivity index (χ4n) is 2.17. The van der Waals surface area contributed by atoms with Crippen LogP contribution in [0.25, 0.3) is 0 Å². The van der Waals surface area contributed by atoms with Crippen molar-refractivity contribution in [1.82, 2.24) is 9.47 Å². The molecule has 0 aromatic carbocycles. The molecule has 0 aliphatic rings. The molecule has 0 saturated carbocycles. The second-order valence-electron chi connectivity index (χ2n) is 5.07. The zero-order chi connectivity index (χ0) is 16.2. The van der Waals surface area contributed by atoms with Crippen molar-refractivity contribution in [3.05, 3.63) is 58.6 Å². The molecule has 1 unspecified atom stereocenters. The highest BCUT2D eigenvalue weighted by molar-refractivity contribution is 5.87. The summed E-state index contributed by atoms with van der Waals surface area (Å²) < 4.78 is 1.80. The van der Waals surface area contributed by atoms with Crippen molar-refractivity contribution < 1.29 is 9.90 Å². The van der Waals surface area contributed by atoms with E-state index in [1.807, 2.05) is 18.9 Å². The first kappa shape index (κ1) is 16.9. The number of likely N-dealkylation sites (N-methyl/N-ethyl adjacent to an activating group) is 1. The Labute approximate surface area is 124 Å². The number of carboxylic acids is 1. The molecule has 0 aliphatic heterocycles. The number of pyridine rings is 1. The van der Waals surface area contributed by atoms with E-state index < -0.39 is 11.4 Å². The van der Waals surface area contributed by atoms with Crippen LogP contribution in [-0.2, 0) is 6.54 Å². The summed E-state index contributed by atoms with van der Waals surface area (Å²) in [4.78, 5) is 25.2. The van der Waals surface area contributed by atoms with Crippen molar-refractivity contribution in [3.8, 4) is 0 Å². The van der Waals surface area contributed by atoms with Crippen molar-refractivity contribution in [1.29, 1.82) is 0 Å². The van der Waals surface area contributed by atoms with Gasteiger partial charge in [-0.05, 0) is 20.9 Å². The molecule has 1 N–H and O–H groups in total. The Morgan fingerprint density at radius 3 is 2.57 bits per heavy atom. The molecule has 1 heterocycles. The average Bonchev–Trinajstić information content (AvgIpc) is 2.44. The number of hydrogen-bond donors (Lipinski definition) is 1. The van der Waals surface area contributed by atoms with Gasteiger partial charge in [0.1, 0.15) is 5.56 Å². The second kappa shape index (κ2) is 7.04. The van der Waals surface area contributed by atoms with E-state index in [2.05, 4.69) is 13.2 Å². The molecule has 5 nitrogen and oxygen atoms in total. The molecule has 1 atom stereocenters. The van der Waals surface area contributed by atoms with E-state index in [1.165, 1.54) is 6.20 Å². The average molecular weight is 290 g/mol. The van der Waals surface area contributed by atoms with Crippen LogP contribution in [0.5, 0.6) is 0 Å². The predicted molar refractivity (Wildman–Crippen MR) is 83.9 cm³/mol. The molecule has 0 aliphatic carbocycles. The van der Waals surface area contributed by atoms with E-state index in [0.29, 0.717) is 18.7 Å². The SMILES string of the molecule is C=CCN(C)C(C=C)Cn1cc(C(=O)O)c(=O)c(C)c1C. The van der Waals surface area contributed by atoms with Crippen molar-refractivity contribution in [2.75, 3.05) is 13.6 Å². The first-order chi connectivity index (χ1) is 9.83. The lowest BCUT2D eigenvalue weighted by Crippen LogP contribution is -2.35. The van der Waals surface area contributed by atoms with Crippen molar-refractivity contribution >= 4 is 5.97 Å². The van der Waals surface area contributed by atoms with Crippen LogP contribution in [0.1, 0.15) is 21.6 Å². The van der Waals surface area contributed by atoms with E-state index in [-0.39, 0.29) is 11.6 Å². The van der Waals surface area contributed by atoms with Crippen LogP contribution in [0.3, 0.4) is 0 Å². The van der Waals surface area contributed by atoms with Crippen LogP contribution in [0, 0.1) is 13.8 Å². The van der Waals surface area contributed by atoms with Crippen LogP contribution in [0.2, 0.25) is 0 Å². The number of carbonyl (C=O) groups is 1. The van der Waals surface area contributed by atoms with Crippen LogP contribution in [0.15, 0.2) is 36.3 Å². The summed E-state index contributed by atoms with van der Waals surface area (Å²) in [6.07, 6.45) is 5.00. The van der Waals surface area contributed by atoms with E-state index in [4.69, 9.17) is 5.11 Å². The lowest BCUT2D eigenvalue weighted by Gasteiger charge is -2.26. The summed E-state index contributed by atoms with van der Waals surface area (Å²) in [7, 11) is 1.94. The molecule has 0 bridgehead atoms. The normalized spacial score (nSPS) is 12.2. The molecule has 21 heavy (non-hydrogen) atoms. The van der Waals surface area contributed by atoms with Gasteiger partial charge in [-0.25, -0.2) is 4.79 Å². The zero-order valence-electron chi connectivity index (χ0n) is 12.8. The maximum Gasteiger partial charge on any atom is 0.341 e. The predicted octanol–water partition coefficient (Wildman–Crippen LogP) is 1.84. The van der Waals surface area contributed by atoms with Crippen LogP contribution < -0.4 is 5.43 Å². The summed E-state index contributed by atoms with van der Waals surface area (Å²) in [6.45, 7) is 12.2. The Morgan fingerprint density at radius 1 is 1.48 bits per heavy atom. The highest BCUT2D eigenvalue weighted by Gasteiger charge is 2.17. The Balaban J connectivity index is 3.24. The van der Waals surface area contributed by atoms with Gasteiger partial charge in [-0.2, -0.15) is 0 Å². The minimum atomic E-state index is -1.20. The van der Waals surface area contributed by atoms with E-state index >= 15 is 0 Å². The molecule has 1 aromatic heterocycles. The quantitative estimate of drug-likeness (QED) is 0.778. The molecule has 0 amide bonds. The lowest BCUT2D eigenvalue weighted by molar-refractivity contribution is 0.0694. The van der Waals surface area contributed by atoms with Gasteiger partial charge in [-0.3, -0.25) is 9.69 Å². The Bertz CT molecular complexity index is 617. The highest BCUT2D eigenvalue weighted by atomic mass is 16.4. The largest absolute Gasteiger partial charge is 0.477 e. The summed E-state index contributed by atoms with van der Waals surface area (Å²) in [6, 6.07) is 0.0187. The number of nitrogens with zero attached hydrogens (tertiary/aromatic N) is 2. The van der Waals surface area contributed by atoms with Gasteiger partial charge in [-0.15, -0.1) is 13.2 Å². The van der Waals surface area contributed by atoms with Crippen LogP contribution >= 0.6 is 0 Å². The summed E-state index contributed by atoms with van der Waals surface area (Å²) in [5.74, 6) is -1.20. The molecule has 5 heteroatoms. The molecule has 0 saturated heterocycles. The fraction of sp³-hybridized carbons (Fsp3) is 0.375. The molecule has 1 aromatic rings. The van der Waals surface area contributed by atoms with E-state index in [9.17, 15) is 9.59 Å². The van der Waals surface area contributed by atoms with Crippen molar-refractivity contribution in [3.63, 3.8) is 0 Å². The number of rotatable bonds is 7. The zero-order valence-corrected chi connectivity index (χ0v) is 12.8. The monoisotopic (exact) mass is 290 g/mol. The second-order valence-corrected chi connectivity index (χ2v) is 5.07. The van der Waals surface area contributed by atoms with Gasteiger partial charge in [0.25, 0.3) is 0 Å². The van der Waals surface area contributed by atoms with Gasteiger partial charge < -0.3 is 9.67 Å². The van der Waals surface area contributed by atoms with Gasteiger partial charge in [0.2, 0.25) is 0 Å². The lowest BCUT2D eigenvalue weighted by atomic mass is 10.1. The number of aromatic nitrogens is 1. The summed E-state index contributed by atoms with van der Waals surface area (Å²) in [5.41, 5.74) is 0.603. The Hall–Kier alpha value is -2.14. The third-order valence-electron chi connectivity index (χ3n) is 3.71. The molecular formula is C16H22N2O3. The van der Waals surface area contributed by atoms with Crippen molar-refractivity contribution in [2.24, 2.45) is 0 Å². The molecule has 1 rings (SSSR count).